The minimum absolute atomic E-state index is 0.0756. The van der Waals surface area contributed by atoms with Gasteiger partial charge in [-0.1, -0.05) is 23.7 Å². The van der Waals surface area contributed by atoms with Gasteiger partial charge in [-0.05, 0) is 12.1 Å². The molecule has 0 spiro atoms. The molecule has 0 saturated carbocycles. The van der Waals surface area contributed by atoms with Crippen LogP contribution in [0.2, 0.25) is 0 Å². The quantitative estimate of drug-likeness (QED) is 0.505. The molecule has 1 saturated heterocycles. The number of carbonyl (C=O) groups excluding carboxylic acids is 1. The van der Waals surface area contributed by atoms with E-state index in [9.17, 15) is 4.79 Å². The summed E-state index contributed by atoms with van der Waals surface area (Å²) in [6.07, 6.45) is 6.72. The van der Waals surface area contributed by atoms with Gasteiger partial charge in [0.15, 0.2) is 16.7 Å². The van der Waals surface area contributed by atoms with Gasteiger partial charge >= 0.3 is 0 Å². The Morgan fingerprint density at radius 1 is 1.57 bits per heavy atom. The number of carbonyl (C=O) groups is 1. The van der Waals surface area contributed by atoms with E-state index < -0.39 is 0 Å². The van der Waals surface area contributed by atoms with E-state index in [1.807, 2.05) is 6.07 Å². The van der Waals surface area contributed by atoms with Crippen molar-refractivity contribution in [3.05, 3.63) is 23.8 Å². The third-order valence-corrected chi connectivity index (χ3v) is 3.32. The number of methoxy groups -OCH3 is 1. The molecular weight excluding hydrogens is 290 g/mol. The van der Waals surface area contributed by atoms with E-state index in [4.69, 9.17) is 15.9 Å². The van der Waals surface area contributed by atoms with Crippen molar-refractivity contribution in [2.45, 2.75) is 0 Å². The standard InChI is InChI=1S/C14H13N3O3S/c1-3-7-20-13-10(5-4-6-11(13)19-2)8-15-17-14-16-12(18)9-21-14/h1,4-6,8H,7,9H2,2H3,(H,16,17,18). The number of nitrogens with one attached hydrogen (secondary N) is 1. The van der Waals surface area contributed by atoms with E-state index in [1.165, 1.54) is 18.0 Å². The maximum Gasteiger partial charge on any atom is 0.236 e. The van der Waals surface area contributed by atoms with Gasteiger partial charge in [0.2, 0.25) is 5.91 Å². The van der Waals surface area contributed by atoms with Crippen LogP contribution in [0.4, 0.5) is 0 Å². The van der Waals surface area contributed by atoms with Crippen molar-refractivity contribution in [2.24, 2.45) is 10.2 Å². The second kappa shape index (κ2) is 7.36. The van der Waals surface area contributed by atoms with Crippen LogP contribution < -0.4 is 14.8 Å². The number of para-hydroxylation sites is 1. The van der Waals surface area contributed by atoms with Crippen molar-refractivity contribution in [1.82, 2.24) is 5.32 Å². The Morgan fingerprint density at radius 2 is 2.43 bits per heavy atom. The first kappa shape index (κ1) is 14.9. The lowest BCUT2D eigenvalue weighted by Crippen LogP contribution is -2.19. The summed E-state index contributed by atoms with van der Waals surface area (Å²) in [7, 11) is 1.55. The lowest BCUT2D eigenvalue weighted by Gasteiger charge is -2.10. The fourth-order valence-corrected chi connectivity index (χ4v) is 2.22. The van der Waals surface area contributed by atoms with E-state index >= 15 is 0 Å². The molecule has 7 heteroatoms. The molecule has 21 heavy (non-hydrogen) atoms. The van der Waals surface area contributed by atoms with Crippen LogP contribution in [0.15, 0.2) is 28.4 Å². The summed E-state index contributed by atoms with van der Waals surface area (Å²) >= 11 is 1.30. The summed E-state index contributed by atoms with van der Waals surface area (Å²) in [4.78, 5) is 11.0. The maximum absolute atomic E-state index is 11.0. The van der Waals surface area contributed by atoms with Crippen molar-refractivity contribution in [3.8, 4) is 23.8 Å². The third-order valence-electron chi connectivity index (χ3n) is 2.46. The Morgan fingerprint density at radius 3 is 3.10 bits per heavy atom. The number of terminal acetylenes is 1. The predicted octanol–water partition coefficient (Wildman–Crippen LogP) is 1.26. The van der Waals surface area contributed by atoms with Crippen molar-refractivity contribution < 1.29 is 14.3 Å². The maximum atomic E-state index is 11.0. The lowest BCUT2D eigenvalue weighted by molar-refractivity contribution is -0.116. The Labute approximate surface area is 126 Å². The van der Waals surface area contributed by atoms with Crippen LogP contribution in [0.1, 0.15) is 5.56 Å². The summed E-state index contributed by atoms with van der Waals surface area (Å²) in [6.45, 7) is 0.127. The number of hydrogen-bond donors (Lipinski definition) is 1. The number of thioether (sulfide) groups is 1. The number of ether oxygens (including phenoxy) is 2. The van der Waals surface area contributed by atoms with Gasteiger partial charge < -0.3 is 14.8 Å². The molecule has 1 aliphatic rings. The van der Waals surface area contributed by atoms with Gasteiger partial charge in [-0.15, -0.1) is 11.5 Å². The molecule has 1 fully saturated rings. The van der Waals surface area contributed by atoms with Crippen LogP contribution >= 0.6 is 11.8 Å². The summed E-state index contributed by atoms with van der Waals surface area (Å²) in [5.74, 6) is 3.75. The van der Waals surface area contributed by atoms with Crippen molar-refractivity contribution in [3.63, 3.8) is 0 Å². The molecular formula is C14H13N3O3S. The Bertz CT molecular complexity index is 635. The first-order valence-electron chi connectivity index (χ1n) is 6.01. The first-order chi connectivity index (χ1) is 10.2. The molecule has 0 aliphatic carbocycles. The van der Waals surface area contributed by atoms with Crippen LogP contribution in [-0.2, 0) is 4.79 Å². The molecule has 0 unspecified atom stereocenters. The highest BCUT2D eigenvalue weighted by molar-refractivity contribution is 8.15. The SMILES string of the molecule is C#CCOc1c(C=NN=C2NC(=O)CS2)cccc1OC. The normalized spacial score (nSPS) is 16.0. The molecule has 0 bridgehead atoms. The number of hydrogen-bond acceptors (Lipinski definition) is 6. The molecule has 2 rings (SSSR count). The predicted molar refractivity (Wildman–Crippen MR) is 83.0 cm³/mol. The van der Waals surface area contributed by atoms with Gasteiger partial charge in [0.25, 0.3) is 0 Å². The molecule has 0 aromatic heterocycles. The van der Waals surface area contributed by atoms with Gasteiger partial charge in [-0.3, -0.25) is 4.79 Å². The van der Waals surface area contributed by atoms with E-state index in [-0.39, 0.29) is 12.5 Å². The van der Waals surface area contributed by atoms with Crippen molar-refractivity contribution in [2.75, 3.05) is 19.5 Å². The summed E-state index contributed by atoms with van der Waals surface area (Å²) in [5.41, 5.74) is 0.684. The number of amides is 1. The highest BCUT2D eigenvalue weighted by Gasteiger charge is 2.16. The largest absolute Gasteiger partial charge is 0.493 e. The highest BCUT2D eigenvalue weighted by atomic mass is 32.2. The fraction of sp³-hybridized carbons (Fsp3) is 0.214. The zero-order valence-corrected chi connectivity index (χ0v) is 12.1. The van der Waals surface area contributed by atoms with Crippen LogP contribution in [0, 0.1) is 12.3 Å². The molecule has 108 valence electrons. The van der Waals surface area contributed by atoms with Crippen LogP contribution in [-0.4, -0.2) is 36.8 Å². The van der Waals surface area contributed by atoms with E-state index in [2.05, 4.69) is 21.4 Å². The van der Waals surface area contributed by atoms with Gasteiger partial charge in [0, 0.05) is 5.56 Å². The van der Waals surface area contributed by atoms with Gasteiger partial charge in [-0.25, -0.2) is 0 Å². The second-order valence-electron chi connectivity index (χ2n) is 3.86. The summed E-state index contributed by atoms with van der Waals surface area (Å²) < 4.78 is 10.7. The average molecular weight is 303 g/mol. The van der Waals surface area contributed by atoms with Crippen molar-refractivity contribution >= 4 is 29.1 Å². The van der Waals surface area contributed by atoms with Crippen LogP contribution in [0.25, 0.3) is 0 Å². The second-order valence-corrected chi connectivity index (χ2v) is 4.82. The Kier molecular flexibility index (Phi) is 5.23. The molecule has 1 N–H and O–H groups in total. The number of nitrogens with zero attached hydrogens (tertiary/aromatic N) is 2. The fourth-order valence-electron chi connectivity index (χ4n) is 1.59. The zero-order valence-electron chi connectivity index (χ0n) is 11.3. The monoisotopic (exact) mass is 303 g/mol. The number of rotatable bonds is 5. The summed E-state index contributed by atoms with van der Waals surface area (Å²) in [6, 6.07) is 5.38. The molecule has 1 aromatic carbocycles. The van der Waals surface area contributed by atoms with E-state index in [0.29, 0.717) is 28.0 Å². The molecule has 6 nitrogen and oxygen atoms in total. The van der Waals surface area contributed by atoms with Gasteiger partial charge in [0.05, 0.1) is 19.1 Å². The molecule has 0 atom stereocenters. The van der Waals surface area contributed by atoms with E-state index in [0.717, 1.165) is 0 Å². The minimum atomic E-state index is -0.0756. The molecule has 0 radical (unpaired) electrons. The third kappa shape index (κ3) is 4.00. The van der Waals surface area contributed by atoms with Gasteiger partial charge in [-0.2, -0.15) is 5.10 Å². The highest BCUT2D eigenvalue weighted by Crippen LogP contribution is 2.30. The van der Waals surface area contributed by atoms with Crippen LogP contribution in [0.3, 0.4) is 0 Å². The lowest BCUT2D eigenvalue weighted by atomic mass is 10.2. The first-order valence-corrected chi connectivity index (χ1v) is 7.00. The molecule has 1 amide bonds. The van der Waals surface area contributed by atoms with Crippen molar-refractivity contribution in [1.29, 1.82) is 0 Å². The molecule has 1 heterocycles. The average Bonchev–Trinajstić information content (AvgIpc) is 2.91. The zero-order chi connectivity index (χ0) is 15.1. The Hall–Kier alpha value is -2.46. The topological polar surface area (TPSA) is 72.3 Å². The number of benzene rings is 1. The van der Waals surface area contributed by atoms with Gasteiger partial charge in [0.1, 0.15) is 6.61 Å². The smallest absolute Gasteiger partial charge is 0.236 e. The molecule has 1 aliphatic heterocycles. The summed E-state index contributed by atoms with van der Waals surface area (Å²) in [5, 5.41) is 10.9. The van der Waals surface area contributed by atoms with E-state index in [1.54, 1.807) is 19.2 Å². The minimum Gasteiger partial charge on any atom is -0.493 e. The number of amidine groups is 1. The molecule has 1 aromatic rings. The Balaban J connectivity index is 2.18. The van der Waals surface area contributed by atoms with Crippen LogP contribution in [0.5, 0.6) is 11.5 Å².